The highest BCUT2D eigenvalue weighted by Gasteiger charge is 2.36. The lowest BCUT2D eigenvalue weighted by atomic mass is 9.96. The molecule has 0 unspecified atom stereocenters. The fourth-order valence-electron chi connectivity index (χ4n) is 4.62. The Morgan fingerprint density at radius 1 is 1.04 bits per heavy atom. The summed E-state index contributed by atoms with van der Waals surface area (Å²) >= 11 is 0. The van der Waals surface area contributed by atoms with Crippen molar-refractivity contribution in [3.8, 4) is 0 Å². The molecule has 0 radical (unpaired) electrons. The van der Waals surface area contributed by atoms with Crippen LogP contribution in [0, 0.1) is 11.8 Å². The van der Waals surface area contributed by atoms with Gasteiger partial charge >= 0.3 is 0 Å². The Morgan fingerprint density at radius 3 is 2.56 bits per heavy atom. The second-order valence-electron chi connectivity index (χ2n) is 8.00. The van der Waals surface area contributed by atoms with Crippen LogP contribution in [-0.4, -0.2) is 65.1 Å². The van der Waals surface area contributed by atoms with Gasteiger partial charge < -0.3 is 14.9 Å². The monoisotopic (exact) mass is 367 g/mol. The first-order valence-electron chi connectivity index (χ1n) is 10.2. The Balaban J connectivity index is 1.49. The Bertz CT molecular complexity index is 781. The van der Waals surface area contributed by atoms with Crippen molar-refractivity contribution in [3.05, 3.63) is 42.1 Å². The number of benzene rings is 1. The molecule has 3 heterocycles. The molecule has 2 aromatic rings. The van der Waals surface area contributed by atoms with Crippen LogP contribution < -0.4 is 0 Å². The number of rotatable bonds is 4. The van der Waals surface area contributed by atoms with Crippen molar-refractivity contribution in [2.24, 2.45) is 11.8 Å². The van der Waals surface area contributed by atoms with Gasteiger partial charge in [-0.2, -0.15) is 0 Å². The molecule has 1 aromatic heterocycles. The van der Waals surface area contributed by atoms with E-state index >= 15 is 0 Å². The number of carbonyl (C=O) groups excluding carboxylic acids is 1. The third-order valence-corrected chi connectivity index (χ3v) is 6.17. The zero-order chi connectivity index (χ0) is 18.6. The highest BCUT2D eigenvalue weighted by atomic mass is 16.3. The summed E-state index contributed by atoms with van der Waals surface area (Å²) < 4.78 is 0. The molecule has 2 fully saturated rings. The number of aliphatic hydroxyl groups is 1. The van der Waals surface area contributed by atoms with Gasteiger partial charge in [0.05, 0.1) is 11.1 Å². The van der Waals surface area contributed by atoms with Gasteiger partial charge in [0.15, 0.2) is 0 Å². The average Bonchev–Trinajstić information content (AvgIpc) is 2.93. The zero-order valence-corrected chi connectivity index (χ0v) is 15.9. The maximum atomic E-state index is 13.2. The molecule has 5 nitrogen and oxygen atoms in total. The molecule has 1 N–H and O–H groups in total. The molecule has 2 aliphatic heterocycles. The highest BCUT2D eigenvalue weighted by molar-refractivity contribution is 6.06. The lowest BCUT2D eigenvalue weighted by Crippen LogP contribution is -2.35. The number of nitrogens with zero attached hydrogens (tertiary/aromatic N) is 3. The molecule has 2 aliphatic rings. The number of fused-ring (bicyclic) bond motifs is 1. The number of aliphatic hydroxyl groups excluding tert-OH is 1. The maximum Gasteiger partial charge on any atom is 0.254 e. The Labute approximate surface area is 161 Å². The third kappa shape index (κ3) is 3.99. The maximum absolute atomic E-state index is 13.2. The van der Waals surface area contributed by atoms with E-state index in [2.05, 4.69) is 9.88 Å². The summed E-state index contributed by atoms with van der Waals surface area (Å²) in [5, 5.41) is 10.8. The Hall–Kier alpha value is -1.98. The van der Waals surface area contributed by atoms with E-state index in [1.165, 1.54) is 25.7 Å². The van der Waals surface area contributed by atoms with E-state index in [0.29, 0.717) is 18.0 Å². The molecule has 1 aromatic carbocycles. The second-order valence-corrected chi connectivity index (χ2v) is 8.00. The number of hydrogen-bond acceptors (Lipinski definition) is 4. The summed E-state index contributed by atoms with van der Waals surface area (Å²) in [6, 6.07) is 9.61. The van der Waals surface area contributed by atoms with Crippen molar-refractivity contribution in [1.82, 2.24) is 14.8 Å². The zero-order valence-electron chi connectivity index (χ0n) is 15.9. The number of amides is 1. The number of likely N-dealkylation sites (tertiary alicyclic amines) is 2. The van der Waals surface area contributed by atoms with Crippen molar-refractivity contribution in [2.75, 3.05) is 39.3 Å². The molecule has 2 atom stereocenters. The van der Waals surface area contributed by atoms with E-state index in [-0.39, 0.29) is 18.4 Å². The largest absolute Gasteiger partial charge is 0.396 e. The van der Waals surface area contributed by atoms with Gasteiger partial charge in [-0.25, -0.2) is 0 Å². The molecule has 5 heteroatoms. The number of hydrogen-bond donors (Lipinski definition) is 1. The number of carbonyl (C=O) groups is 1. The first-order valence-corrected chi connectivity index (χ1v) is 10.2. The lowest BCUT2D eigenvalue weighted by molar-refractivity contribution is 0.0781. The topological polar surface area (TPSA) is 56.7 Å². The predicted molar refractivity (Wildman–Crippen MR) is 107 cm³/mol. The van der Waals surface area contributed by atoms with E-state index in [4.69, 9.17) is 0 Å². The normalized spacial score (nSPS) is 24.3. The van der Waals surface area contributed by atoms with E-state index < -0.39 is 0 Å². The highest BCUT2D eigenvalue weighted by Crippen LogP contribution is 2.28. The van der Waals surface area contributed by atoms with Crippen LogP contribution >= 0.6 is 0 Å². The molecule has 144 valence electrons. The standard InChI is InChI=1S/C22H29N3O2/c26-16-18-15-25(14-17(18)13-24-11-5-1-2-6-12-24)22(27)20-9-10-23-21-8-4-3-7-19(20)21/h3-4,7-10,17-18,26H,1-2,5-6,11-16H2/t17-,18-/m1/s1. The van der Waals surface area contributed by atoms with Crippen molar-refractivity contribution in [1.29, 1.82) is 0 Å². The Kier molecular flexibility index (Phi) is 5.69. The fourth-order valence-corrected chi connectivity index (χ4v) is 4.62. The van der Waals surface area contributed by atoms with Crippen LogP contribution in [0.2, 0.25) is 0 Å². The number of pyridine rings is 1. The number of para-hydroxylation sites is 1. The van der Waals surface area contributed by atoms with Gasteiger partial charge in [0.1, 0.15) is 0 Å². The molecule has 2 saturated heterocycles. The minimum absolute atomic E-state index is 0.0606. The molecular formula is C22H29N3O2. The van der Waals surface area contributed by atoms with Gasteiger partial charge in [0.25, 0.3) is 5.91 Å². The minimum Gasteiger partial charge on any atom is -0.396 e. The molecule has 1 amide bonds. The van der Waals surface area contributed by atoms with Gasteiger partial charge in [0, 0.05) is 43.7 Å². The van der Waals surface area contributed by atoms with Gasteiger partial charge in [-0.05, 0) is 44.0 Å². The quantitative estimate of drug-likeness (QED) is 0.903. The van der Waals surface area contributed by atoms with E-state index in [1.807, 2.05) is 35.2 Å². The lowest BCUT2D eigenvalue weighted by Gasteiger charge is -2.26. The van der Waals surface area contributed by atoms with Crippen LogP contribution in [0.15, 0.2) is 36.5 Å². The van der Waals surface area contributed by atoms with Crippen LogP contribution in [-0.2, 0) is 0 Å². The third-order valence-electron chi connectivity index (χ3n) is 6.17. The van der Waals surface area contributed by atoms with Crippen molar-refractivity contribution in [3.63, 3.8) is 0 Å². The van der Waals surface area contributed by atoms with E-state index in [1.54, 1.807) is 6.20 Å². The van der Waals surface area contributed by atoms with Crippen molar-refractivity contribution < 1.29 is 9.90 Å². The van der Waals surface area contributed by atoms with E-state index in [0.717, 1.165) is 37.1 Å². The van der Waals surface area contributed by atoms with Crippen LogP contribution in [0.5, 0.6) is 0 Å². The summed E-state index contributed by atoms with van der Waals surface area (Å²) in [7, 11) is 0. The first-order chi connectivity index (χ1) is 13.3. The first kappa shape index (κ1) is 18.4. The second kappa shape index (κ2) is 8.36. The minimum atomic E-state index is 0.0606. The molecule has 0 spiro atoms. The average molecular weight is 367 g/mol. The predicted octanol–water partition coefficient (Wildman–Crippen LogP) is 2.79. The summed E-state index contributed by atoms with van der Waals surface area (Å²) in [4.78, 5) is 22.1. The van der Waals surface area contributed by atoms with Crippen LogP contribution in [0.25, 0.3) is 10.9 Å². The van der Waals surface area contributed by atoms with Gasteiger partial charge in [-0.1, -0.05) is 31.0 Å². The Morgan fingerprint density at radius 2 is 1.78 bits per heavy atom. The fraction of sp³-hybridized carbons (Fsp3) is 0.545. The molecule has 0 bridgehead atoms. The van der Waals surface area contributed by atoms with Crippen molar-refractivity contribution in [2.45, 2.75) is 25.7 Å². The molecule has 0 saturated carbocycles. The SMILES string of the molecule is O=C(c1ccnc2ccccc12)N1C[C@@H](CN2CCCCCC2)[C@@H](CO)C1. The summed E-state index contributed by atoms with van der Waals surface area (Å²) in [6.45, 7) is 4.82. The van der Waals surface area contributed by atoms with Gasteiger partial charge in [-0.3, -0.25) is 9.78 Å². The molecule has 27 heavy (non-hydrogen) atoms. The summed E-state index contributed by atoms with van der Waals surface area (Å²) in [6.07, 6.45) is 6.89. The molecular weight excluding hydrogens is 338 g/mol. The molecule has 4 rings (SSSR count). The molecule has 0 aliphatic carbocycles. The van der Waals surface area contributed by atoms with E-state index in [9.17, 15) is 9.90 Å². The summed E-state index contributed by atoms with van der Waals surface area (Å²) in [5.41, 5.74) is 1.56. The number of aromatic nitrogens is 1. The van der Waals surface area contributed by atoms with Gasteiger partial charge in [0.2, 0.25) is 0 Å². The van der Waals surface area contributed by atoms with Crippen LogP contribution in [0.3, 0.4) is 0 Å². The van der Waals surface area contributed by atoms with Crippen LogP contribution in [0.1, 0.15) is 36.0 Å². The smallest absolute Gasteiger partial charge is 0.254 e. The van der Waals surface area contributed by atoms with Crippen molar-refractivity contribution >= 4 is 16.8 Å². The van der Waals surface area contributed by atoms with Gasteiger partial charge in [-0.15, -0.1) is 0 Å². The van der Waals surface area contributed by atoms with Crippen LogP contribution in [0.4, 0.5) is 0 Å². The summed E-state index contributed by atoms with van der Waals surface area (Å²) in [5.74, 6) is 0.584.